The summed E-state index contributed by atoms with van der Waals surface area (Å²) in [6.07, 6.45) is 4.28. The average Bonchev–Trinajstić information content (AvgIpc) is 3.30. The van der Waals surface area contributed by atoms with Crippen molar-refractivity contribution in [3.63, 3.8) is 0 Å². The average molecular weight is 412 g/mol. The van der Waals surface area contributed by atoms with E-state index in [1.165, 1.54) is 24.3 Å². The minimum absolute atomic E-state index is 0.0277. The first-order chi connectivity index (χ1) is 13.4. The Morgan fingerprint density at radius 3 is 2.54 bits per heavy atom. The molecule has 0 bridgehead atoms. The SMILES string of the molecule is O=C(COC(=O)[C@H]1CC(=O)N(C2CCCC2)C1)Nc1ccc(SC(F)F)cc1. The van der Waals surface area contributed by atoms with Gasteiger partial charge in [0.2, 0.25) is 5.91 Å². The molecule has 1 atom stereocenters. The molecule has 0 aromatic heterocycles. The molecule has 1 aromatic rings. The van der Waals surface area contributed by atoms with Crippen molar-refractivity contribution >= 4 is 35.2 Å². The number of rotatable bonds is 7. The van der Waals surface area contributed by atoms with Crippen LogP contribution in [0.5, 0.6) is 0 Å². The van der Waals surface area contributed by atoms with Crippen molar-refractivity contribution in [2.75, 3.05) is 18.5 Å². The number of amides is 2. The van der Waals surface area contributed by atoms with Crippen LogP contribution in [0, 0.1) is 5.92 Å². The summed E-state index contributed by atoms with van der Waals surface area (Å²) >= 11 is 0.417. The van der Waals surface area contributed by atoms with Crippen LogP contribution < -0.4 is 5.32 Å². The zero-order valence-corrected chi connectivity index (χ0v) is 16.1. The molecule has 1 heterocycles. The second kappa shape index (κ2) is 9.36. The number of hydrogen-bond donors (Lipinski definition) is 1. The first-order valence-electron chi connectivity index (χ1n) is 9.23. The van der Waals surface area contributed by atoms with Crippen molar-refractivity contribution in [2.45, 2.75) is 48.8 Å². The fraction of sp³-hybridized carbons (Fsp3) is 0.526. The molecule has 152 valence electrons. The van der Waals surface area contributed by atoms with E-state index in [0.29, 0.717) is 28.9 Å². The van der Waals surface area contributed by atoms with Crippen molar-refractivity contribution in [1.29, 1.82) is 0 Å². The van der Waals surface area contributed by atoms with Crippen molar-refractivity contribution in [3.05, 3.63) is 24.3 Å². The molecule has 1 saturated heterocycles. The molecule has 3 rings (SSSR count). The highest BCUT2D eigenvalue weighted by Gasteiger charge is 2.39. The van der Waals surface area contributed by atoms with E-state index in [4.69, 9.17) is 4.74 Å². The molecular weight excluding hydrogens is 390 g/mol. The van der Waals surface area contributed by atoms with Gasteiger partial charge in [-0.2, -0.15) is 8.78 Å². The summed E-state index contributed by atoms with van der Waals surface area (Å²) in [5.74, 6) is -4.15. The number of likely N-dealkylation sites (tertiary alicyclic amines) is 1. The van der Waals surface area contributed by atoms with Gasteiger partial charge in [-0.05, 0) is 37.1 Å². The Kier molecular flexibility index (Phi) is 6.88. The third kappa shape index (κ3) is 5.43. The molecule has 28 heavy (non-hydrogen) atoms. The quantitative estimate of drug-likeness (QED) is 0.550. The van der Waals surface area contributed by atoms with Crippen LogP contribution in [0.2, 0.25) is 0 Å². The van der Waals surface area contributed by atoms with Gasteiger partial charge in [0.15, 0.2) is 6.61 Å². The minimum atomic E-state index is -2.51. The Labute approximate surface area is 166 Å². The second-order valence-electron chi connectivity index (χ2n) is 6.94. The molecule has 0 spiro atoms. The van der Waals surface area contributed by atoms with E-state index in [9.17, 15) is 23.2 Å². The third-order valence-electron chi connectivity index (χ3n) is 4.97. The molecule has 2 aliphatic rings. The number of benzene rings is 1. The highest BCUT2D eigenvalue weighted by atomic mass is 32.2. The summed E-state index contributed by atoms with van der Waals surface area (Å²) in [5.41, 5.74) is 0.420. The molecular formula is C19H22F2N2O4S. The van der Waals surface area contributed by atoms with Gasteiger partial charge >= 0.3 is 5.97 Å². The minimum Gasteiger partial charge on any atom is -0.455 e. The lowest BCUT2D eigenvalue weighted by Gasteiger charge is -2.23. The lowest BCUT2D eigenvalue weighted by Crippen LogP contribution is -2.35. The summed E-state index contributed by atoms with van der Waals surface area (Å²) in [4.78, 5) is 38.4. The van der Waals surface area contributed by atoms with Gasteiger partial charge in [0.1, 0.15) is 0 Å². The monoisotopic (exact) mass is 412 g/mol. The number of hydrogen-bond acceptors (Lipinski definition) is 5. The van der Waals surface area contributed by atoms with Gasteiger partial charge in [0.05, 0.1) is 5.92 Å². The van der Waals surface area contributed by atoms with Crippen molar-refractivity contribution in [2.24, 2.45) is 5.92 Å². The van der Waals surface area contributed by atoms with Crippen molar-refractivity contribution in [3.8, 4) is 0 Å². The molecule has 0 unspecified atom stereocenters. The van der Waals surface area contributed by atoms with E-state index in [-0.39, 0.29) is 18.4 Å². The van der Waals surface area contributed by atoms with Gasteiger partial charge in [0.25, 0.3) is 11.7 Å². The fourth-order valence-electron chi connectivity index (χ4n) is 3.63. The predicted octanol–water partition coefficient (Wildman–Crippen LogP) is 3.27. The van der Waals surface area contributed by atoms with E-state index in [0.717, 1.165) is 25.7 Å². The van der Waals surface area contributed by atoms with Crippen LogP contribution in [0.1, 0.15) is 32.1 Å². The molecule has 2 amide bonds. The van der Waals surface area contributed by atoms with Gasteiger partial charge in [-0.15, -0.1) is 0 Å². The number of ether oxygens (including phenoxy) is 1. The van der Waals surface area contributed by atoms with Crippen LogP contribution in [0.15, 0.2) is 29.2 Å². The Hall–Kier alpha value is -2.16. The van der Waals surface area contributed by atoms with E-state index in [2.05, 4.69) is 5.32 Å². The molecule has 0 radical (unpaired) electrons. The molecule has 6 nitrogen and oxygen atoms in total. The van der Waals surface area contributed by atoms with E-state index in [1.54, 1.807) is 4.90 Å². The van der Waals surface area contributed by atoms with Crippen LogP contribution in [0.3, 0.4) is 0 Å². The highest BCUT2D eigenvalue weighted by molar-refractivity contribution is 7.99. The maximum absolute atomic E-state index is 12.3. The normalized spacial score (nSPS) is 20.0. The van der Waals surface area contributed by atoms with E-state index >= 15 is 0 Å². The highest BCUT2D eigenvalue weighted by Crippen LogP contribution is 2.30. The van der Waals surface area contributed by atoms with Crippen LogP contribution in [-0.4, -0.2) is 47.6 Å². The number of halogens is 2. The molecule has 1 aliphatic carbocycles. The van der Waals surface area contributed by atoms with Gasteiger partial charge < -0.3 is 15.0 Å². The molecule has 1 N–H and O–H groups in total. The predicted molar refractivity (Wildman–Crippen MR) is 100.0 cm³/mol. The number of alkyl halides is 2. The lowest BCUT2D eigenvalue weighted by atomic mass is 10.1. The number of anilines is 1. The maximum Gasteiger partial charge on any atom is 0.311 e. The van der Waals surface area contributed by atoms with Gasteiger partial charge in [0, 0.05) is 29.6 Å². The van der Waals surface area contributed by atoms with Crippen LogP contribution >= 0.6 is 11.8 Å². The largest absolute Gasteiger partial charge is 0.455 e. The standard InChI is InChI=1S/C19H22F2N2O4S/c20-19(21)28-15-7-5-13(6-8-15)22-16(24)11-27-18(26)12-9-17(25)23(10-12)14-3-1-2-4-14/h5-8,12,14,19H,1-4,9-11H2,(H,22,24)/t12-/m0/s1. The van der Waals surface area contributed by atoms with Crippen molar-refractivity contribution < 1.29 is 27.9 Å². The Morgan fingerprint density at radius 1 is 1.21 bits per heavy atom. The van der Waals surface area contributed by atoms with Crippen LogP contribution in [0.25, 0.3) is 0 Å². The maximum atomic E-state index is 12.3. The summed E-state index contributed by atoms with van der Waals surface area (Å²) in [6.45, 7) is -0.103. The summed E-state index contributed by atoms with van der Waals surface area (Å²) in [6, 6.07) is 6.17. The van der Waals surface area contributed by atoms with Crippen molar-refractivity contribution in [1.82, 2.24) is 4.90 Å². The smallest absolute Gasteiger partial charge is 0.311 e. The zero-order chi connectivity index (χ0) is 20.1. The molecule has 1 aliphatic heterocycles. The number of carbonyl (C=O) groups excluding carboxylic acids is 3. The lowest BCUT2D eigenvalue weighted by molar-refractivity contribution is -0.151. The molecule has 9 heteroatoms. The number of esters is 1. The number of carbonyl (C=O) groups is 3. The van der Waals surface area contributed by atoms with Gasteiger partial charge in [-0.3, -0.25) is 14.4 Å². The summed E-state index contributed by atoms with van der Waals surface area (Å²) in [7, 11) is 0. The summed E-state index contributed by atoms with van der Waals surface area (Å²) < 4.78 is 29.6. The van der Waals surface area contributed by atoms with Crippen LogP contribution in [-0.2, 0) is 19.1 Å². The van der Waals surface area contributed by atoms with E-state index in [1.807, 2.05) is 0 Å². The molecule has 1 aromatic carbocycles. The van der Waals surface area contributed by atoms with Crippen LogP contribution in [0.4, 0.5) is 14.5 Å². The third-order valence-corrected chi connectivity index (χ3v) is 5.69. The number of nitrogens with one attached hydrogen (secondary N) is 1. The second-order valence-corrected chi connectivity index (χ2v) is 8.01. The fourth-order valence-corrected chi connectivity index (χ4v) is 4.13. The number of thioether (sulfide) groups is 1. The van der Waals surface area contributed by atoms with Gasteiger partial charge in [-0.25, -0.2) is 0 Å². The Bertz CT molecular complexity index is 723. The molecule has 2 fully saturated rings. The first-order valence-corrected chi connectivity index (χ1v) is 10.1. The Morgan fingerprint density at radius 2 is 1.89 bits per heavy atom. The topological polar surface area (TPSA) is 75.7 Å². The van der Waals surface area contributed by atoms with Gasteiger partial charge in [-0.1, -0.05) is 24.6 Å². The first kappa shape index (κ1) is 20.6. The summed E-state index contributed by atoms with van der Waals surface area (Å²) in [5, 5.41) is 2.54. The zero-order valence-electron chi connectivity index (χ0n) is 15.2. The van der Waals surface area contributed by atoms with E-state index < -0.39 is 30.2 Å². The number of nitrogens with zero attached hydrogens (tertiary/aromatic N) is 1. The Balaban J connectivity index is 1.43. The molecule has 1 saturated carbocycles.